The van der Waals surface area contributed by atoms with Gasteiger partial charge >= 0.3 is 0 Å². The highest BCUT2D eigenvalue weighted by atomic mass is 79.9. The molecule has 0 bridgehead atoms. The van der Waals surface area contributed by atoms with Crippen LogP contribution in [0.2, 0.25) is 0 Å². The molecule has 0 aliphatic carbocycles. The second-order valence-electron chi connectivity index (χ2n) is 5.89. The first-order chi connectivity index (χ1) is 8.63. The van der Waals surface area contributed by atoms with Crippen molar-refractivity contribution in [2.45, 2.75) is 32.1 Å². The Kier molecular flexibility index (Phi) is 3.70. The molecule has 0 atom stereocenters. The zero-order chi connectivity index (χ0) is 14.4. The van der Waals surface area contributed by atoms with Crippen LogP contribution in [0.4, 0.5) is 5.69 Å². The molecule has 1 aliphatic rings. The Labute approximate surface area is 123 Å². The van der Waals surface area contributed by atoms with Crippen molar-refractivity contribution in [2.24, 2.45) is 5.41 Å². The van der Waals surface area contributed by atoms with Crippen LogP contribution >= 0.6 is 15.9 Å². The molecule has 1 saturated heterocycles. The van der Waals surface area contributed by atoms with Gasteiger partial charge in [-0.15, -0.1) is 0 Å². The van der Waals surface area contributed by atoms with E-state index in [9.17, 15) is 8.42 Å². The molecule has 106 valence electrons. The smallest absolute Gasteiger partial charge is 0.243 e. The number of anilines is 1. The van der Waals surface area contributed by atoms with Crippen LogP contribution < -0.4 is 5.73 Å². The van der Waals surface area contributed by atoms with Gasteiger partial charge in [0, 0.05) is 23.2 Å². The van der Waals surface area contributed by atoms with E-state index < -0.39 is 10.0 Å². The lowest BCUT2D eigenvalue weighted by Gasteiger charge is -2.21. The van der Waals surface area contributed by atoms with Crippen molar-refractivity contribution in [3.05, 3.63) is 22.2 Å². The van der Waals surface area contributed by atoms with Gasteiger partial charge in [-0.25, -0.2) is 8.42 Å². The van der Waals surface area contributed by atoms with Gasteiger partial charge in [-0.2, -0.15) is 4.31 Å². The molecular weight excluding hydrogens is 328 g/mol. The molecule has 2 rings (SSSR count). The molecule has 4 nitrogen and oxygen atoms in total. The standard InChI is InChI=1S/C13H19BrN2O2S/c1-9-6-10(14)11(15)7-12(9)19(17,18)16-5-4-13(2,3)8-16/h6-7H,4-5,8,15H2,1-3H3. The predicted molar refractivity (Wildman–Crippen MR) is 80.4 cm³/mol. The van der Waals surface area contributed by atoms with Gasteiger partial charge in [-0.1, -0.05) is 13.8 Å². The van der Waals surface area contributed by atoms with E-state index >= 15 is 0 Å². The summed E-state index contributed by atoms with van der Waals surface area (Å²) in [7, 11) is -3.45. The molecule has 19 heavy (non-hydrogen) atoms. The Balaban J connectivity index is 2.44. The van der Waals surface area contributed by atoms with Gasteiger partial charge in [0.25, 0.3) is 0 Å². The zero-order valence-electron chi connectivity index (χ0n) is 11.4. The molecular formula is C13H19BrN2O2S. The van der Waals surface area contributed by atoms with Crippen LogP contribution in [0.3, 0.4) is 0 Å². The molecule has 1 aromatic carbocycles. The Hall–Kier alpha value is -0.590. The molecule has 0 saturated carbocycles. The number of hydrogen-bond donors (Lipinski definition) is 1. The molecule has 1 fully saturated rings. The summed E-state index contributed by atoms with van der Waals surface area (Å²) in [5, 5.41) is 0. The number of sulfonamides is 1. The quantitative estimate of drug-likeness (QED) is 0.837. The minimum atomic E-state index is -3.45. The van der Waals surface area contributed by atoms with E-state index in [4.69, 9.17) is 5.73 Å². The van der Waals surface area contributed by atoms with Gasteiger partial charge in [0.2, 0.25) is 10.0 Å². The first kappa shape index (κ1) is 14.8. The Bertz CT molecular complexity index is 611. The summed E-state index contributed by atoms with van der Waals surface area (Å²) < 4.78 is 27.6. The van der Waals surface area contributed by atoms with Gasteiger partial charge in [0.1, 0.15) is 0 Å². The summed E-state index contributed by atoms with van der Waals surface area (Å²) in [6.45, 7) is 7.10. The lowest BCUT2D eigenvalue weighted by Crippen LogP contribution is -2.31. The first-order valence-electron chi connectivity index (χ1n) is 6.19. The monoisotopic (exact) mass is 346 g/mol. The van der Waals surface area contributed by atoms with E-state index in [1.807, 2.05) is 0 Å². The predicted octanol–water partition coefficient (Wildman–Crippen LogP) is 2.76. The maximum Gasteiger partial charge on any atom is 0.243 e. The van der Waals surface area contributed by atoms with Crippen molar-refractivity contribution in [2.75, 3.05) is 18.8 Å². The molecule has 2 N–H and O–H groups in total. The highest BCUT2D eigenvalue weighted by molar-refractivity contribution is 9.10. The van der Waals surface area contributed by atoms with E-state index in [1.165, 1.54) is 0 Å². The normalized spacial score (nSPS) is 19.8. The maximum absolute atomic E-state index is 12.7. The number of aryl methyl sites for hydroxylation is 1. The number of benzene rings is 1. The van der Waals surface area contributed by atoms with E-state index in [-0.39, 0.29) is 5.41 Å². The van der Waals surface area contributed by atoms with Crippen molar-refractivity contribution < 1.29 is 8.42 Å². The molecule has 0 spiro atoms. The maximum atomic E-state index is 12.7. The SMILES string of the molecule is Cc1cc(Br)c(N)cc1S(=O)(=O)N1CCC(C)(C)C1. The molecule has 0 radical (unpaired) electrons. The summed E-state index contributed by atoms with van der Waals surface area (Å²) in [6, 6.07) is 3.30. The van der Waals surface area contributed by atoms with Gasteiger partial charge in [0.15, 0.2) is 0 Å². The molecule has 6 heteroatoms. The van der Waals surface area contributed by atoms with E-state index in [2.05, 4.69) is 29.8 Å². The number of nitrogens with zero attached hydrogens (tertiary/aromatic N) is 1. The summed E-state index contributed by atoms with van der Waals surface area (Å²) in [5.41, 5.74) is 7.01. The summed E-state index contributed by atoms with van der Waals surface area (Å²) in [4.78, 5) is 0.311. The van der Waals surface area contributed by atoms with Gasteiger partial charge in [-0.3, -0.25) is 0 Å². The Morgan fingerprint density at radius 1 is 1.37 bits per heavy atom. The van der Waals surface area contributed by atoms with Crippen molar-refractivity contribution in [3.63, 3.8) is 0 Å². The fraction of sp³-hybridized carbons (Fsp3) is 0.538. The van der Waals surface area contributed by atoms with Crippen LogP contribution in [0.15, 0.2) is 21.5 Å². The number of halogens is 1. The van der Waals surface area contributed by atoms with Crippen LogP contribution in [-0.4, -0.2) is 25.8 Å². The largest absolute Gasteiger partial charge is 0.398 e. The van der Waals surface area contributed by atoms with Gasteiger partial charge in [-0.05, 0) is 52.4 Å². The second kappa shape index (κ2) is 4.75. The third kappa shape index (κ3) is 2.80. The molecule has 0 aromatic heterocycles. The zero-order valence-corrected chi connectivity index (χ0v) is 13.8. The van der Waals surface area contributed by atoms with E-state index in [0.717, 1.165) is 10.9 Å². The topological polar surface area (TPSA) is 63.4 Å². The van der Waals surface area contributed by atoms with Crippen LogP contribution in [0.25, 0.3) is 0 Å². The summed E-state index contributed by atoms with van der Waals surface area (Å²) in [5.74, 6) is 0. The molecule has 0 unspecified atom stereocenters. The number of nitrogens with two attached hydrogens (primary N) is 1. The lowest BCUT2D eigenvalue weighted by molar-refractivity contribution is 0.375. The summed E-state index contributed by atoms with van der Waals surface area (Å²) >= 11 is 3.32. The number of rotatable bonds is 2. The van der Waals surface area contributed by atoms with Crippen LogP contribution in [0, 0.1) is 12.3 Å². The average molecular weight is 347 g/mol. The van der Waals surface area contributed by atoms with E-state index in [0.29, 0.717) is 29.2 Å². The number of nitrogen functional groups attached to an aromatic ring is 1. The van der Waals surface area contributed by atoms with Crippen LogP contribution in [-0.2, 0) is 10.0 Å². The molecule has 1 aliphatic heterocycles. The first-order valence-corrected chi connectivity index (χ1v) is 8.43. The van der Waals surface area contributed by atoms with E-state index in [1.54, 1.807) is 23.4 Å². The number of hydrogen-bond acceptors (Lipinski definition) is 3. The highest BCUT2D eigenvalue weighted by Crippen LogP contribution is 2.35. The lowest BCUT2D eigenvalue weighted by atomic mass is 9.93. The van der Waals surface area contributed by atoms with Crippen LogP contribution in [0.1, 0.15) is 25.8 Å². The fourth-order valence-electron chi connectivity index (χ4n) is 2.35. The molecule has 1 aromatic rings. The third-order valence-corrected chi connectivity index (χ3v) is 6.23. The van der Waals surface area contributed by atoms with Gasteiger partial charge < -0.3 is 5.73 Å². The molecule has 1 heterocycles. The van der Waals surface area contributed by atoms with Crippen molar-refractivity contribution >= 4 is 31.6 Å². The molecule has 0 amide bonds. The minimum absolute atomic E-state index is 0.0435. The fourth-order valence-corrected chi connectivity index (χ4v) is 4.68. The summed E-state index contributed by atoms with van der Waals surface area (Å²) in [6.07, 6.45) is 0.886. The Morgan fingerprint density at radius 3 is 2.53 bits per heavy atom. The second-order valence-corrected chi connectivity index (χ2v) is 8.65. The van der Waals surface area contributed by atoms with Crippen molar-refractivity contribution in [1.29, 1.82) is 0 Å². The Morgan fingerprint density at radius 2 is 2.00 bits per heavy atom. The minimum Gasteiger partial charge on any atom is -0.398 e. The average Bonchev–Trinajstić information content (AvgIpc) is 2.64. The highest BCUT2D eigenvalue weighted by Gasteiger charge is 2.37. The van der Waals surface area contributed by atoms with Crippen LogP contribution in [0.5, 0.6) is 0 Å². The third-order valence-electron chi connectivity index (χ3n) is 3.55. The van der Waals surface area contributed by atoms with Crippen molar-refractivity contribution in [1.82, 2.24) is 4.31 Å². The van der Waals surface area contributed by atoms with Gasteiger partial charge in [0.05, 0.1) is 4.90 Å². The van der Waals surface area contributed by atoms with Crippen molar-refractivity contribution in [3.8, 4) is 0 Å².